The van der Waals surface area contributed by atoms with Gasteiger partial charge >= 0.3 is 0 Å². The lowest BCUT2D eigenvalue weighted by atomic mass is 9.84. The minimum absolute atomic E-state index is 0.601. The average Bonchev–Trinajstić information content (AvgIpc) is 2.97. The smallest absolute Gasteiger partial charge is 0.140 e. The van der Waals surface area contributed by atoms with E-state index in [1.165, 1.54) is 32.1 Å². The van der Waals surface area contributed by atoms with Crippen molar-refractivity contribution < 1.29 is 0 Å². The standard InChI is InChI=1S/C17H23N3/c1-2-13-4-3-5-16(12-13)20-11-10-19-17(20)14-6-8-15(18)9-7-14/h6-11,13,16H,2-5,12,18H2,1H3. The zero-order valence-corrected chi connectivity index (χ0v) is 12.1. The number of rotatable bonds is 3. The zero-order chi connectivity index (χ0) is 13.9. The molecule has 0 aliphatic heterocycles. The van der Waals surface area contributed by atoms with Crippen molar-refractivity contribution in [3.05, 3.63) is 36.7 Å². The highest BCUT2D eigenvalue weighted by Gasteiger charge is 2.23. The summed E-state index contributed by atoms with van der Waals surface area (Å²) in [6.45, 7) is 2.31. The SMILES string of the molecule is CCC1CCCC(n2ccnc2-c2ccc(N)cc2)C1. The van der Waals surface area contributed by atoms with Crippen LogP contribution in [0, 0.1) is 5.92 Å². The number of hydrogen-bond acceptors (Lipinski definition) is 2. The third-order valence-electron chi connectivity index (χ3n) is 4.56. The van der Waals surface area contributed by atoms with Gasteiger partial charge in [0.2, 0.25) is 0 Å². The molecule has 1 saturated carbocycles. The minimum Gasteiger partial charge on any atom is -0.399 e. The van der Waals surface area contributed by atoms with E-state index in [4.69, 9.17) is 5.73 Å². The fourth-order valence-corrected chi connectivity index (χ4v) is 3.35. The van der Waals surface area contributed by atoms with Crippen LogP contribution in [0.3, 0.4) is 0 Å². The molecule has 2 N–H and O–H groups in total. The Balaban J connectivity index is 1.88. The van der Waals surface area contributed by atoms with Gasteiger partial charge in [0.05, 0.1) is 0 Å². The van der Waals surface area contributed by atoms with Crippen molar-refractivity contribution in [1.29, 1.82) is 0 Å². The van der Waals surface area contributed by atoms with Crippen LogP contribution in [0.15, 0.2) is 36.7 Å². The van der Waals surface area contributed by atoms with Gasteiger partial charge in [0.25, 0.3) is 0 Å². The van der Waals surface area contributed by atoms with Gasteiger partial charge in [0, 0.05) is 29.7 Å². The average molecular weight is 269 g/mol. The van der Waals surface area contributed by atoms with Crippen molar-refractivity contribution in [3.8, 4) is 11.4 Å². The molecule has 1 aromatic heterocycles. The molecule has 3 nitrogen and oxygen atoms in total. The molecule has 1 aliphatic carbocycles. The summed E-state index contributed by atoms with van der Waals surface area (Å²) in [5.41, 5.74) is 7.73. The van der Waals surface area contributed by atoms with Gasteiger partial charge in [-0.2, -0.15) is 0 Å². The highest BCUT2D eigenvalue weighted by molar-refractivity contribution is 5.59. The Kier molecular flexibility index (Phi) is 3.77. The Hall–Kier alpha value is -1.77. The molecule has 20 heavy (non-hydrogen) atoms. The second-order valence-electron chi connectivity index (χ2n) is 5.87. The summed E-state index contributed by atoms with van der Waals surface area (Å²) in [4.78, 5) is 4.56. The number of imidazole rings is 1. The van der Waals surface area contributed by atoms with E-state index in [1.807, 2.05) is 18.3 Å². The van der Waals surface area contributed by atoms with E-state index in [0.29, 0.717) is 6.04 Å². The molecule has 1 aliphatic rings. The van der Waals surface area contributed by atoms with E-state index in [-0.39, 0.29) is 0 Å². The second kappa shape index (κ2) is 5.70. The highest BCUT2D eigenvalue weighted by atomic mass is 15.1. The molecule has 0 amide bonds. The maximum atomic E-state index is 5.77. The molecule has 2 atom stereocenters. The first-order valence-corrected chi connectivity index (χ1v) is 7.66. The number of benzene rings is 1. The van der Waals surface area contributed by atoms with Crippen molar-refractivity contribution in [1.82, 2.24) is 9.55 Å². The molecule has 106 valence electrons. The summed E-state index contributed by atoms with van der Waals surface area (Å²) < 4.78 is 2.37. The third-order valence-corrected chi connectivity index (χ3v) is 4.56. The summed E-state index contributed by atoms with van der Waals surface area (Å²) in [6, 6.07) is 8.63. The predicted molar refractivity (Wildman–Crippen MR) is 83.4 cm³/mol. The van der Waals surface area contributed by atoms with Crippen molar-refractivity contribution in [2.75, 3.05) is 5.73 Å². The number of anilines is 1. The van der Waals surface area contributed by atoms with Gasteiger partial charge in [-0.25, -0.2) is 4.98 Å². The van der Waals surface area contributed by atoms with E-state index >= 15 is 0 Å². The van der Waals surface area contributed by atoms with Crippen LogP contribution in [0.2, 0.25) is 0 Å². The van der Waals surface area contributed by atoms with Gasteiger partial charge in [-0.1, -0.05) is 26.2 Å². The van der Waals surface area contributed by atoms with E-state index < -0.39 is 0 Å². The topological polar surface area (TPSA) is 43.8 Å². The Bertz CT molecular complexity index is 556. The molecule has 3 heteroatoms. The Morgan fingerprint density at radius 2 is 2.05 bits per heavy atom. The van der Waals surface area contributed by atoms with Crippen LogP contribution in [-0.2, 0) is 0 Å². The number of hydrogen-bond donors (Lipinski definition) is 1. The molecule has 0 bridgehead atoms. The van der Waals surface area contributed by atoms with Crippen molar-refractivity contribution >= 4 is 5.69 Å². The van der Waals surface area contributed by atoms with E-state index in [1.54, 1.807) is 0 Å². The number of nitrogens with zero attached hydrogens (tertiary/aromatic N) is 2. The first-order valence-electron chi connectivity index (χ1n) is 7.66. The lowest BCUT2D eigenvalue weighted by Gasteiger charge is -2.30. The molecule has 1 aromatic carbocycles. The number of nitrogen functional groups attached to an aromatic ring is 1. The van der Waals surface area contributed by atoms with Crippen LogP contribution in [-0.4, -0.2) is 9.55 Å². The normalized spacial score (nSPS) is 22.9. The Morgan fingerprint density at radius 3 is 2.80 bits per heavy atom. The summed E-state index contributed by atoms with van der Waals surface area (Å²) in [5, 5.41) is 0. The summed E-state index contributed by atoms with van der Waals surface area (Å²) in [5.74, 6) is 1.95. The summed E-state index contributed by atoms with van der Waals surface area (Å²) >= 11 is 0. The van der Waals surface area contributed by atoms with Gasteiger partial charge in [0.1, 0.15) is 5.82 Å². The van der Waals surface area contributed by atoms with Crippen molar-refractivity contribution in [2.45, 2.75) is 45.1 Å². The maximum absolute atomic E-state index is 5.77. The van der Waals surface area contributed by atoms with Gasteiger partial charge in [-0.05, 0) is 43.0 Å². The van der Waals surface area contributed by atoms with Crippen LogP contribution in [0.5, 0.6) is 0 Å². The van der Waals surface area contributed by atoms with Crippen LogP contribution < -0.4 is 5.73 Å². The fourth-order valence-electron chi connectivity index (χ4n) is 3.35. The van der Waals surface area contributed by atoms with Crippen LogP contribution in [0.25, 0.3) is 11.4 Å². The molecule has 1 fully saturated rings. The van der Waals surface area contributed by atoms with Crippen LogP contribution in [0.4, 0.5) is 5.69 Å². The minimum atomic E-state index is 0.601. The molecule has 0 saturated heterocycles. The van der Waals surface area contributed by atoms with E-state index in [0.717, 1.165) is 23.0 Å². The quantitative estimate of drug-likeness (QED) is 0.845. The van der Waals surface area contributed by atoms with Gasteiger partial charge in [-0.15, -0.1) is 0 Å². The van der Waals surface area contributed by atoms with Crippen LogP contribution in [0.1, 0.15) is 45.1 Å². The highest BCUT2D eigenvalue weighted by Crippen LogP contribution is 2.36. The number of nitrogens with two attached hydrogens (primary N) is 1. The van der Waals surface area contributed by atoms with Crippen molar-refractivity contribution in [3.63, 3.8) is 0 Å². The van der Waals surface area contributed by atoms with Gasteiger partial charge in [0.15, 0.2) is 0 Å². The summed E-state index contributed by atoms with van der Waals surface area (Å²) in [6.07, 6.45) is 10.6. The first-order chi connectivity index (χ1) is 9.78. The van der Waals surface area contributed by atoms with Crippen LogP contribution >= 0.6 is 0 Å². The lowest BCUT2D eigenvalue weighted by molar-refractivity contribution is 0.263. The first kappa shape index (κ1) is 13.2. The molecule has 2 unspecified atom stereocenters. The molecular weight excluding hydrogens is 246 g/mol. The predicted octanol–water partition coefficient (Wildman–Crippen LogP) is 4.27. The monoisotopic (exact) mass is 269 g/mol. The van der Waals surface area contributed by atoms with E-state index in [2.05, 4.69) is 34.8 Å². The molecule has 0 radical (unpaired) electrons. The fraction of sp³-hybridized carbons (Fsp3) is 0.471. The Labute approximate surface area is 120 Å². The zero-order valence-electron chi connectivity index (χ0n) is 12.1. The summed E-state index contributed by atoms with van der Waals surface area (Å²) in [7, 11) is 0. The Morgan fingerprint density at radius 1 is 1.25 bits per heavy atom. The molecule has 2 aromatic rings. The molecule has 1 heterocycles. The lowest BCUT2D eigenvalue weighted by Crippen LogP contribution is -2.19. The van der Waals surface area contributed by atoms with Crippen molar-refractivity contribution in [2.24, 2.45) is 5.92 Å². The molecule has 0 spiro atoms. The molecule has 3 rings (SSSR count). The third kappa shape index (κ3) is 2.58. The largest absolute Gasteiger partial charge is 0.399 e. The number of aromatic nitrogens is 2. The van der Waals surface area contributed by atoms with Gasteiger partial charge in [-0.3, -0.25) is 0 Å². The molecular formula is C17H23N3. The maximum Gasteiger partial charge on any atom is 0.140 e. The van der Waals surface area contributed by atoms with E-state index in [9.17, 15) is 0 Å². The second-order valence-corrected chi connectivity index (χ2v) is 5.87. The van der Waals surface area contributed by atoms with Gasteiger partial charge < -0.3 is 10.3 Å².